The third-order valence-corrected chi connectivity index (χ3v) is 2.01. The second-order valence-electron chi connectivity index (χ2n) is 1.89. The summed E-state index contributed by atoms with van der Waals surface area (Å²) in [7, 11) is -11.5. The molecule has 0 aromatic heterocycles. The van der Waals surface area contributed by atoms with E-state index < -0.39 is 23.5 Å². The fourth-order valence-electron chi connectivity index (χ4n) is 0. The van der Waals surface area contributed by atoms with Gasteiger partial charge in [0.05, 0.1) is 23.5 Å². The maximum atomic E-state index is 9.25. The van der Waals surface area contributed by atoms with Crippen LogP contribution in [-0.2, 0) is 49.0 Å². The number of hydrogen-bond donors (Lipinski definition) is 0. The zero-order valence-corrected chi connectivity index (χ0v) is 20.0. The van der Waals surface area contributed by atoms with Gasteiger partial charge in [-0.05, 0) is 0 Å². The Bertz CT molecular complexity index is 282. The Morgan fingerprint density at radius 3 is 0.619 bits per heavy atom. The summed E-state index contributed by atoms with van der Waals surface area (Å²) in [6, 6.07) is 0. The van der Waals surface area contributed by atoms with Crippen LogP contribution in [0.25, 0.3) is 0 Å². The van der Waals surface area contributed by atoms with E-state index in [1.165, 1.54) is 0 Å². The topological polar surface area (TPSA) is 217 Å². The first-order valence-corrected chi connectivity index (χ1v) is 7.80. The second-order valence-corrected chi connectivity index (χ2v) is 5.67. The van der Waals surface area contributed by atoms with E-state index in [0.29, 0.717) is 0 Å². The van der Waals surface area contributed by atoms with Crippen molar-refractivity contribution in [2.45, 2.75) is 0 Å². The smallest absolute Gasteiger partial charge is 0.790 e. The molecule has 0 N–H and O–H groups in total. The van der Waals surface area contributed by atoms with Crippen molar-refractivity contribution in [1.82, 2.24) is 0 Å². The van der Waals surface area contributed by atoms with Crippen LogP contribution in [0.3, 0.4) is 0 Å². The Morgan fingerprint density at radius 2 is 0.619 bits per heavy atom. The van der Waals surface area contributed by atoms with Gasteiger partial charge >= 0.3 is 80.8 Å². The maximum Gasteiger partial charge on any atom is 4.00 e. The summed E-state index contributed by atoms with van der Waals surface area (Å²) in [5, 5.41) is 0. The SMILES string of the molecule is COP(=O)([O-])[O-].COP(=O)([O-])[O-].COP(=O)([O-])[O-].[Na+].[Na+].[Ti+4]. The first-order chi connectivity index (χ1) is 7.68. The molecule has 0 aromatic carbocycles. The van der Waals surface area contributed by atoms with Crippen LogP contribution in [0.2, 0.25) is 0 Å². The summed E-state index contributed by atoms with van der Waals surface area (Å²) in [5.74, 6) is 0. The molecule has 0 aliphatic heterocycles. The molecule has 0 aliphatic rings. The summed E-state index contributed by atoms with van der Waals surface area (Å²) >= 11 is 0. The van der Waals surface area contributed by atoms with Crippen LogP contribution in [0.15, 0.2) is 0 Å². The molecule has 12 nitrogen and oxygen atoms in total. The van der Waals surface area contributed by atoms with E-state index in [2.05, 4.69) is 13.6 Å². The van der Waals surface area contributed by atoms with Crippen molar-refractivity contribution in [2.24, 2.45) is 0 Å². The molecule has 18 heteroatoms. The fraction of sp³-hybridized carbons (Fsp3) is 1.00. The maximum absolute atomic E-state index is 9.25. The largest absolute Gasteiger partial charge is 4.00 e. The normalized spacial score (nSPS) is 10.1. The van der Waals surface area contributed by atoms with Crippen LogP contribution >= 0.6 is 23.5 Å². The molecule has 0 bridgehead atoms. The number of phosphoric ester groups is 3. The molecule has 0 fully saturated rings. The average molecular weight is 424 g/mol. The average Bonchev–Trinajstić information content (AvgIpc) is 2.16. The van der Waals surface area contributed by atoms with Gasteiger partial charge in [-0.2, -0.15) is 0 Å². The number of phosphoric acid groups is 3. The molecular formula is C3H9Na2O12P3Ti. The summed E-state index contributed by atoms with van der Waals surface area (Å²) in [6.07, 6.45) is 0. The minimum atomic E-state index is -4.65. The molecule has 21 heavy (non-hydrogen) atoms. The van der Waals surface area contributed by atoms with Gasteiger partial charge in [0, 0.05) is 21.3 Å². The molecule has 0 aromatic rings. The van der Waals surface area contributed by atoms with Gasteiger partial charge in [0.2, 0.25) is 0 Å². The predicted octanol–water partition coefficient (Wildman–Crippen LogP) is -10.6. The van der Waals surface area contributed by atoms with Gasteiger partial charge in [-0.1, -0.05) is 0 Å². The summed E-state index contributed by atoms with van der Waals surface area (Å²) < 4.78 is 37.9. The van der Waals surface area contributed by atoms with Crippen LogP contribution in [-0.4, -0.2) is 21.3 Å². The molecule has 0 spiro atoms. The minimum Gasteiger partial charge on any atom is -0.790 e. The summed E-state index contributed by atoms with van der Waals surface area (Å²) in [6.45, 7) is 0. The zero-order valence-electron chi connectivity index (χ0n) is 11.7. The quantitative estimate of drug-likeness (QED) is 0.305. The Balaban J connectivity index is -0.0000000375. The number of rotatable bonds is 3. The molecule has 0 radical (unpaired) electrons. The van der Waals surface area contributed by atoms with E-state index in [9.17, 15) is 43.1 Å². The third-order valence-electron chi connectivity index (χ3n) is 0.671. The fourth-order valence-corrected chi connectivity index (χ4v) is 0. The van der Waals surface area contributed by atoms with Gasteiger partial charge < -0.3 is 56.6 Å². The van der Waals surface area contributed by atoms with Gasteiger partial charge in [-0.15, -0.1) is 0 Å². The van der Waals surface area contributed by atoms with Crippen LogP contribution < -0.4 is 88.5 Å². The Hall–Kier alpha value is 3.04. The van der Waals surface area contributed by atoms with Crippen molar-refractivity contribution in [3.05, 3.63) is 0 Å². The second kappa shape index (κ2) is 19.4. The molecule has 114 valence electrons. The Kier molecular flexibility index (Phi) is 36.2. The third kappa shape index (κ3) is 70.4. The van der Waals surface area contributed by atoms with Crippen molar-refractivity contribution < 1.29 is 137 Å². The summed E-state index contributed by atoms with van der Waals surface area (Å²) in [5.41, 5.74) is 0. The van der Waals surface area contributed by atoms with Crippen LogP contribution in [0.4, 0.5) is 0 Å². The molecule has 0 atom stereocenters. The number of hydrogen-bond acceptors (Lipinski definition) is 12. The van der Waals surface area contributed by atoms with E-state index >= 15 is 0 Å². The molecule has 0 rings (SSSR count). The summed E-state index contributed by atoms with van der Waals surface area (Å²) in [4.78, 5) is 55.5. The standard InChI is InChI=1S/3CH5O4P.2Na.Ti/c3*1-5-6(2,3)4;;;/h3*1H3,(H2,2,3,4);;;/q;;;2*+1;+4/p-6. The molecule has 0 heterocycles. The van der Waals surface area contributed by atoms with E-state index in [1.807, 2.05) is 0 Å². The molecule has 0 unspecified atom stereocenters. The van der Waals surface area contributed by atoms with Crippen LogP contribution in [0.1, 0.15) is 0 Å². The molecule has 0 saturated carbocycles. The molecular weight excluding hydrogens is 415 g/mol. The van der Waals surface area contributed by atoms with Crippen molar-refractivity contribution in [1.29, 1.82) is 0 Å². The Labute approximate surface area is 180 Å². The molecule has 0 saturated heterocycles. The van der Waals surface area contributed by atoms with Gasteiger partial charge in [0.15, 0.2) is 0 Å². The molecule has 0 amide bonds. The van der Waals surface area contributed by atoms with Gasteiger partial charge in [-0.25, -0.2) is 0 Å². The first kappa shape index (κ1) is 39.2. The van der Waals surface area contributed by atoms with E-state index in [-0.39, 0.29) is 80.8 Å². The van der Waals surface area contributed by atoms with Crippen molar-refractivity contribution in [3.63, 3.8) is 0 Å². The van der Waals surface area contributed by atoms with Crippen LogP contribution in [0, 0.1) is 0 Å². The van der Waals surface area contributed by atoms with E-state index in [1.54, 1.807) is 0 Å². The van der Waals surface area contributed by atoms with E-state index in [4.69, 9.17) is 0 Å². The molecule has 0 aliphatic carbocycles. The van der Waals surface area contributed by atoms with Crippen molar-refractivity contribution in [3.8, 4) is 0 Å². The van der Waals surface area contributed by atoms with Crippen LogP contribution in [0.5, 0.6) is 0 Å². The predicted molar refractivity (Wildman–Crippen MR) is 43.8 cm³/mol. The van der Waals surface area contributed by atoms with Crippen molar-refractivity contribution >= 4 is 23.5 Å². The van der Waals surface area contributed by atoms with Gasteiger partial charge in [0.1, 0.15) is 0 Å². The zero-order chi connectivity index (χ0) is 15.6. The van der Waals surface area contributed by atoms with Gasteiger partial charge in [-0.3, -0.25) is 0 Å². The minimum absolute atomic E-state index is 0. The monoisotopic (exact) mass is 424 g/mol. The first-order valence-electron chi connectivity index (χ1n) is 3.42. The Morgan fingerprint density at radius 1 is 0.571 bits per heavy atom. The van der Waals surface area contributed by atoms with Crippen molar-refractivity contribution in [2.75, 3.05) is 21.3 Å². The van der Waals surface area contributed by atoms with E-state index in [0.717, 1.165) is 21.3 Å². The van der Waals surface area contributed by atoms with Gasteiger partial charge in [0.25, 0.3) is 0 Å².